The van der Waals surface area contributed by atoms with Crippen molar-refractivity contribution in [3.05, 3.63) is 54.1 Å². The van der Waals surface area contributed by atoms with Crippen LogP contribution in [0, 0.1) is 0 Å². The molecule has 0 aliphatic carbocycles. The minimum Gasteiger partial charge on any atom is -0.478 e. The van der Waals surface area contributed by atoms with Crippen molar-refractivity contribution in [2.45, 2.75) is 6.18 Å². The summed E-state index contributed by atoms with van der Waals surface area (Å²) < 4.78 is 49.2. The van der Waals surface area contributed by atoms with Gasteiger partial charge in [0.05, 0.1) is 12.7 Å². The van der Waals surface area contributed by atoms with Gasteiger partial charge in [-0.05, 0) is 24.3 Å². The number of benzene rings is 2. The normalized spacial score (nSPS) is 12.0. The lowest BCUT2D eigenvalue weighted by atomic mass is 10.1. The maximum absolute atomic E-state index is 12.7. The molecule has 0 saturated carbocycles. The van der Waals surface area contributed by atoms with Crippen LogP contribution < -0.4 is 4.74 Å². The molecule has 0 unspecified atom stereocenters. The maximum Gasteiger partial charge on any atom is 0.416 e. The van der Waals surface area contributed by atoms with Gasteiger partial charge in [0.2, 0.25) is 5.58 Å². The van der Waals surface area contributed by atoms with Crippen molar-refractivity contribution in [3.63, 3.8) is 0 Å². The highest BCUT2D eigenvalue weighted by atomic mass is 19.4. The molecular formula is C18H11F3N2O2. The standard InChI is InChI=1S/C18H11F3N2O2/c1-24-17-15-14(12-4-2-3-5-13(12)25-15)22-16(23-17)10-6-8-11(9-7-10)18(19,20)21/h2-9H,1H3. The predicted molar refractivity (Wildman–Crippen MR) is 86.3 cm³/mol. The number of para-hydroxylation sites is 1. The molecule has 0 saturated heterocycles. The zero-order valence-corrected chi connectivity index (χ0v) is 13.0. The number of nitrogens with zero attached hydrogens (tertiary/aromatic N) is 2. The third-order valence-electron chi connectivity index (χ3n) is 3.85. The molecule has 0 aliphatic rings. The van der Waals surface area contributed by atoms with Gasteiger partial charge < -0.3 is 9.15 Å². The van der Waals surface area contributed by atoms with E-state index in [0.29, 0.717) is 22.2 Å². The molecule has 4 nitrogen and oxygen atoms in total. The van der Waals surface area contributed by atoms with Crippen LogP contribution in [-0.4, -0.2) is 17.1 Å². The van der Waals surface area contributed by atoms with Crippen LogP contribution in [0.5, 0.6) is 5.88 Å². The lowest BCUT2D eigenvalue weighted by Crippen LogP contribution is -2.04. The predicted octanol–water partition coefficient (Wildman–Crippen LogP) is 5.07. The summed E-state index contributed by atoms with van der Waals surface area (Å²) in [6.07, 6.45) is -4.39. The Hall–Kier alpha value is -3.09. The van der Waals surface area contributed by atoms with Crippen LogP contribution in [0.25, 0.3) is 33.5 Å². The van der Waals surface area contributed by atoms with Crippen molar-refractivity contribution in [2.75, 3.05) is 7.11 Å². The SMILES string of the molecule is COc1nc(-c2ccc(C(F)(F)F)cc2)nc2c1oc1ccccc12. The molecule has 2 aromatic carbocycles. The topological polar surface area (TPSA) is 48.2 Å². The monoisotopic (exact) mass is 344 g/mol. The average Bonchev–Trinajstić information content (AvgIpc) is 2.99. The maximum atomic E-state index is 12.7. The number of hydrogen-bond acceptors (Lipinski definition) is 4. The summed E-state index contributed by atoms with van der Waals surface area (Å²) in [7, 11) is 1.45. The van der Waals surface area contributed by atoms with Crippen LogP contribution in [0.2, 0.25) is 0 Å². The molecule has 126 valence electrons. The number of halogens is 3. The van der Waals surface area contributed by atoms with Crippen molar-refractivity contribution in [2.24, 2.45) is 0 Å². The first-order valence-corrected chi connectivity index (χ1v) is 7.38. The summed E-state index contributed by atoms with van der Waals surface area (Å²) in [6, 6.07) is 12.0. The van der Waals surface area contributed by atoms with E-state index in [2.05, 4.69) is 9.97 Å². The molecule has 2 aromatic heterocycles. The second-order valence-corrected chi connectivity index (χ2v) is 5.41. The fourth-order valence-corrected chi connectivity index (χ4v) is 2.64. The Kier molecular flexibility index (Phi) is 3.38. The van der Waals surface area contributed by atoms with E-state index in [1.807, 2.05) is 18.2 Å². The highest BCUT2D eigenvalue weighted by molar-refractivity contribution is 6.04. The third-order valence-corrected chi connectivity index (χ3v) is 3.85. The first-order chi connectivity index (χ1) is 12.0. The van der Waals surface area contributed by atoms with Crippen molar-refractivity contribution in [1.29, 1.82) is 0 Å². The van der Waals surface area contributed by atoms with Gasteiger partial charge in [0.1, 0.15) is 11.1 Å². The Morgan fingerprint density at radius 2 is 1.68 bits per heavy atom. The van der Waals surface area contributed by atoms with Gasteiger partial charge in [-0.15, -0.1) is 0 Å². The number of fused-ring (bicyclic) bond motifs is 3. The van der Waals surface area contributed by atoms with Gasteiger partial charge in [-0.1, -0.05) is 24.3 Å². The molecule has 4 aromatic rings. The molecule has 25 heavy (non-hydrogen) atoms. The molecule has 0 atom stereocenters. The Morgan fingerprint density at radius 3 is 2.36 bits per heavy atom. The minimum absolute atomic E-state index is 0.232. The number of aromatic nitrogens is 2. The number of hydrogen-bond donors (Lipinski definition) is 0. The van der Waals surface area contributed by atoms with Crippen LogP contribution in [-0.2, 0) is 6.18 Å². The Bertz CT molecular complexity index is 1070. The zero-order valence-electron chi connectivity index (χ0n) is 13.0. The van der Waals surface area contributed by atoms with Gasteiger partial charge in [0.15, 0.2) is 5.82 Å². The summed E-state index contributed by atoms with van der Waals surface area (Å²) in [5.41, 5.74) is 1.32. The van der Waals surface area contributed by atoms with Crippen LogP contribution >= 0.6 is 0 Å². The molecule has 0 aliphatic heterocycles. The van der Waals surface area contributed by atoms with Gasteiger partial charge in [0.25, 0.3) is 5.88 Å². The largest absolute Gasteiger partial charge is 0.478 e. The fourth-order valence-electron chi connectivity index (χ4n) is 2.64. The lowest BCUT2D eigenvalue weighted by molar-refractivity contribution is -0.137. The average molecular weight is 344 g/mol. The minimum atomic E-state index is -4.39. The summed E-state index contributed by atoms with van der Waals surface area (Å²) >= 11 is 0. The van der Waals surface area contributed by atoms with E-state index in [1.54, 1.807) is 6.07 Å². The number of furan rings is 1. The van der Waals surface area contributed by atoms with Crippen LogP contribution in [0.3, 0.4) is 0 Å². The van der Waals surface area contributed by atoms with Gasteiger partial charge in [-0.3, -0.25) is 0 Å². The van der Waals surface area contributed by atoms with E-state index in [4.69, 9.17) is 9.15 Å². The molecular weight excluding hydrogens is 333 g/mol. The fraction of sp³-hybridized carbons (Fsp3) is 0.111. The Morgan fingerprint density at radius 1 is 0.960 bits per heavy atom. The summed E-state index contributed by atoms with van der Waals surface area (Å²) in [6.45, 7) is 0. The van der Waals surface area contributed by atoms with Crippen molar-refractivity contribution >= 4 is 22.1 Å². The smallest absolute Gasteiger partial charge is 0.416 e. The summed E-state index contributed by atoms with van der Waals surface area (Å²) in [4.78, 5) is 8.74. The zero-order chi connectivity index (χ0) is 17.6. The first-order valence-electron chi connectivity index (χ1n) is 7.38. The second-order valence-electron chi connectivity index (χ2n) is 5.41. The Labute approximate surface area is 139 Å². The van der Waals surface area contributed by atoms with Crippen LogP contribution in [0.1, 0.15) is 5.56 Å². The molecule has 0 N–H and O–H groups in total. The number of alkyl halides is 3. The highest BCUT2D eigenvalue weighted by Gasteiger charge is 2.30. The highest BCUT2D eigenvalue weighted by Crippen LogP contribution is 2.35. The van der Waals surface area contributed by atoms with E-state index < -0.39 is 11.7 Å². The van der Waals surface area contributed by atoms with Crippen molar-refractivity contribution in [1.82, 2.24) is 9.97 Å². The molecule has 0 fully saturated rings. The Balaban J connectivity index is 1.91. The quantitative estimate of drug-likeness (QED) is 0.509. The van der Waals surface area contributed by atoms with Gasteiger partial charge >= 0.3 is 6.18 Å². The molecule has 0 bridgehead atoms. The van der Waals surface area contributed by atoms with E-state index in [0.717, 1.165) is 17.5 Å². The first kappa shape index (κ1) is 15.4. The van der Waals surface area contributed by atoms with E-state index >= 15 is 0 Å². The van der Waals surface area contributed by atoms with Gasteiger partial charge in [0, 0.05) is 10.9 Å². The van der Waals surface area contributed by atoms with Crippen LogP contribution in [0.15, 0.2) is 52.9 Å². The molecule has 4 rings (SSSR count). The van der Waals surface area contributed by atoms with E-state index in [-0.39, 0.29) is 11.7 Å². The summed E-state index contributed by atoms with van der Waals surface area (Å²) in [5, 5.41) is 0.784. The molecule has 0 spiro atoms. The molecule has 0 amide bonds. The van der Waals surface area contributed by atoms with Crippen molar-refractivity contribution in [3.8, 4) is 17.3 Å². The molecule has 2 heterocycles. The second kappa shape index (κ2) is 5.47. The van der Waals surface area contributed by atoms with Gasteiger partial charge in [-0.25, -0.2) is 4.98 Å². The third kappa shape index (κ3) is 2.57. The van der Waals surface area contributed by atoms with E-state index in [1.165, 1.54) is 19.2 Å². The number of methoxy groups -OCH3 is 1. The molecule has 0 radical (unpaired) electrons. The van der Waals surface area contributed by atoms with Crippen LogP contribution in [0.4, 0.5) is 13.2 Å². The number of ether oxygens (including phenoxy) is 1. The summed E-state index contributed by atoms with van der Waals surface area (Å²) in [5.74, 6) is 0.501. The lowest BCUT2D eigenvalue weighted by Gasteiger charge is -2.08. The van der Waals surface area contributed by atoms with Crippen molar-refractivity contribution < 1.29 is 22.3 Å². The number of rotatable bonds is 2. The van der Waals surface area contributed by atoms with E-state index in [9.17, 15) is 13.2 Å². The van der Waals surface area contributed by atoms with Gasteiger partial charge in [-0.2, -0.15) is 18.2 Å². The molecule has 7 heteroatoms.